The molecule has 0 N–H and O–H groups in total. The number of pyridine rings is 1. The first-order valence-electron chi connectivity index (χ1n) is 5.01. The van der Waals surface area contributed by atoms with E-state index in [1.165, 1.54) is 6.07 Å². The van der Waals surface area contributed by atoms with Crippen LogP contribution in [0.1, 0.15) is 18.5 Å². The summed E-state index contributed by atoms with van der Waals surface area (Å²) in [6.07, 6.45) is 4.28. The first kappa shape index (κ1) is 11.8. The summed E-state index contributed by atoms with van der Waals surface area (Å²) in [6, 6.07) is 1.47. The highest BCUT2D eigenvalue weighted by molar-refractivity contribution is 9.10. The fourth-order valence-corrected chi connectivity index (χ4v) is 2.30. The lowest BCUT2D eigenvalue weighted by atomic mass is 10.1. The van der Waals surface area contributed by atoms with Crippen molar-refractivity contribution in [3.05, 3.63) is 32.5 Å². The average Bonchev–Trinajstić information content (AvgIpc) is 3.03. The largest absolute Gasteiger partial charge is 0.291 e. The predicted octanol–water partition coefficient (Wildman–Crippen LogP) is 3.31. The lowest BCUT2D eigenvalue weighted by molar-refractivity contribution is -0.386. The molecule has 0 aromatic carbocycles. The fourth-order valence-electron chi connectivity index (χ4n) is 1.58. The molecular formula is C10H10BrClN2O2. The molecule has 1 atom stereocenters. The molecule has 1 aliphatic carbocycles. The van der Waals surface area contributed by atoms with Crippen LogP contribution in [0.5, 0.6) is 0 Å². The van der Waals surface area contributed by atoms with E-state index in [0.29, 0.717) is 22.5 Å². The minimum absolute atomic E-state index is 0.0348. The Morgan fingerprint density at radius 1 is 1.69 bits per heavy atom. The molecule has 1 aliphatic rings. The van der Waals surface area contributed by atoms with Gasteiger partial charge in [0.2, 0.25) is 0 Å². The van der Waals surface area contributed by atoms with Crippen molar-refractivity contribution in [2.45, 2.75) is 24.6 Å². The van der Waals surface area contributed by atoms with E-state index in [-0.39, 0.29) is 11.1 Å². The standard InChI is InChI=1S/C10H10BrClN2O2/c11-7-3-10(14(15)16)9(13-5-7)4-8(12)6-1-2-6/h3,5-6,8H,1-2,4H2. The molecule has 6 heteroatoms. The van der Waals surface area contributed by atoms with Crippen LogP contribution in [0, 0.1) is 16.0 Å². The lowest BCUT2D eigenvalue weighted by Crippen LogP contribution is -2.09. The zero-order valence-corrected chi connectivity index (χ0v) is 10.7. The normalized spacial score (nSPS) is 17.1. The monoisotopic (exact) mass is 304 g/mol. The molecule has 0 amide bonds. The van der Waals surface area contributed by atoms with Crippen molar-refractivity contribution in [1.82, 2.24) is 4.98 Å². The zero-order valence-electron chi connectivity index (χ0n) is 8.40. The molecule has 0 bridgehead atoms. The van der Waals surface area contributed by atoms with Crippen LogP contribution in [0.25, 0.3) is 0 Å². The van der Waals surface area contributed by atoms with Gasteiger partial charge in [-0.25, -0.2) is 0 Å². The van der Waals surface area contributed by atoms with Crippen LogP contribution in [-0.2, 0) is 6.42 Å². The second-order valence-electron chi connectivity index (χ2n) is 3.93. The molecule has 1 fully saturated rings. The van der Waals surface area contributed by atoms with Crippen molar-refractivity contribution in [2.75, 3.05) is 0 Å². The van der Waals surface area contributed by atoms with Crippen LogP contribution in [0.15, 0.2) is 16.7 Å². The average molecular weight is 306 g/mol. The highest BCUT2D eigenvalue weighted by Crippen LogP contribution is 2.38. The van der Waals surface area contributed by atoms with Crippen LogP contribution in [0.4, 0.5) is 5.69 Å². The summed E-state index contributed by atoms with van der Waals surface area (Å²) in [5.41, 5.74) is 0.515. The Hall–Kier alpha value is -0.680. The molecule has 1 unspecified atom stereocenters. The van der Waals surface area contributed by atoms with Gasteiger partial charge in [-0.05, 0) is 34.7 Å². The minimum Gasteiger partial charge on any atom is -0.258 e. The van der Waals surface area contributed by atoms with Crippen LogP contribution < -0.4 is 0 Å². The third-order valence-corrected chi connectivity index (χ3v) is 3.58. The molecule has 1 aromatic heterocycles. The smallest absolute Gasteiger partial charge is 0.258 e. The van der Waals surface area contributed by atoms with E-state index in [4.69, 9.17) is 11.6 Å². The maximum Gasteiger partial charge on any atom is 0.291 e. The Balaban J connectivity index is 2.21. The predicted molar refractivity (Wildman–Crippen MR) is 64.7 cm³/mol. The van der Waals surface area contributed by atoms with E-state index in [1.54, 1.807) is 6.20 Å². The first-order valence-corrected chi connectivity index (χ1v) is 6.23. The van der Waals surface area contributed by atoms with Gasteiger partial charge in [-0.2, -0.15) is 0 Å². The van der Waals surface area contributed by atoms with Crippen molar-refractivity contribution in [3.63, 3.8) is 0 Å². The number of aromatic nitrogens is 1. The maximum absolute atomic E-state index is 10.8. The van der Waals surface area contributed by atoms with E-state index in [0.717, 1.165) is 12.8 Å². The number of nitro groups is 1. The number of nitrogens with zero attached hydrogens (tertiary/aromatic N) is 2. The van der Waals surface area contributed by atoms with E-state index >= 15 is 0 Å². The maximum atomic E-state index is 10.8. The Morgan fingerprint density at radius 2 is 2.38 bits per heavy atom. The number of hydrogen-bond acceptors (Lipinski definition) is 3. The number of hydrogen-bond donors (Lipinski definition) is 0. The molecule has 0 spiro atoms. The van der Waals surface area contributed by atoms with Crippen molar-refractivity contribution >= 4 is 33.2 Å². The number of rotatable bonds is 4. The van der Waals surface area contributed by atoms with E-state index in [9.17, 15) is 10.1 Å². The Morgan fingerprint density at radius 3 is 2.94 bits per heavy atom. The summed E-state index contributed by atoms with van der Waals surface area (Å²) >= 11 is 9.33. The van der Waals surface area contributed by atoms with Crippen LogP contribution in [-0.4, -0.2) is 15.3 Å². The Kier molecular flexibility index (Phi) is 3.44. The van der Waals surface area contributed by atoms with Crippen molar-refractivity contribution < 1.29 is 4.92 Å². The molecule has 1 saturated carbocycles. The van der Waals surface area contributed by atoms with Crippen LogP contribution >= 0.6 is 27.5 Å². The topological polar surface area (TPSA) is 56.0 Å². The summed E-state index contributed by atoms with van der Waals surface area (Å²) in [4.78, 5) is 14.5. The van der Waals surface area contributed by atoms with Crippen molar-refractivity contribution in [3.8, 4) is 0 Å². The van der Waals surface area contributed by atoms with Gasteiger partial charge in [0.1, 0.15) is 5.69 Å². The van der Waals surface area contributed by atoms with Gasteiger partial charge >= 0.3 is 0 Å². The summed E-state index contributed by atoms with van der Waals surface area (Å²) in [5.74, 6) is 0.506. The van der Waals surface area contributed by atoms with Crippen molar-refractivity contribution in [1.29, 1.82) is 0 Å². The molecule has 0 aliphatic heterocycles. The van der Waals surface area contributed by atoms with Gasteiger partial charge in [-0.3, -0.25) is 15.1 Å². The van der Waals surface area contributed by atoms with Crippen LogP contribution in [0.3, 0.4) is 0 Å². The Labute approximate surface area is 106 Å². The molecule has 4 nitrogen and oxygen atoms in total. The molecule has 1 aromatic rings. The molecule has 2 rings (SSSR count). The summed E-state index contributed by atoms with van der Waals surface area (Å²) < 4.78 is 0.612. The highest BCUT2D eigenvalue weighted by Gasteiger charge is 2.31. The summed E-state index contributed by atoms with van der Waals surface area (Å²) in [5, 5.41) is 10.8. The van der Waals surface area contributed by atoms with Gasteiger partial charge in [0.25, 0.3) is 5.69 Å². The number of halogens is 2. The molecule has 0 saturated heterocycles. The summed E-state index contributed by atoms with van der Waals surface area (Å²) in [6.45, 7) is 0. The Bertz CT molecular complexity index is 423. The van der Waals surface area contributed by atoms with Gasteiger partial charge in [0, 0.05) is 28.5 Å². The number of alkyl halides is 1. The third kappa shape index (κ3) is 2.71. The van der Waals surface area contributed by atoms with E-state index < -0.39 is 4.92 Å². The second kappa shape index (κ2) is 4.67. The van der Waals surface area contributed by atoms with Gasteiger partial charge in [0.15, 0.2) is 0 Å². The third-order valence-electron chi connectivity index (χ3n) is 2.63. The van der Waals surface area contributed by atoms with Crippen LogP contribution in [0.2, 0.25) is 0 Å². The quantitative estimate of drug-likeness (QED) is 0.487. The molecular weight excluding hydrogens is 295 g/mol. The van der Waals surface area contributed by atoms with E-state index in [1.807, 2.05) is 0 Å². The van der Waals surface area contributed by atoms with Gasteiger partial charge in [0.05, 0.1) is 4.92 Å². The molecule has 16 heavy (non-hydrogen) atoms. The van der Waals surface area contributed by atoms with Gasteiger partial charge in [-0.1, -0.05) is 0 Å². The van der Waals surface area contributed by atoms with Gasteiger partial charge < -0.3 is 0 Å². The zero-order chi connectivity index (χ0) is 11.7. The minimum atomic E-state index is -0.413. The highest BCUT2D eigenvalue weighted by atomic mass is 79.9. The lowest BCUT2D eigenvalue weighted by Gasteiger charge is -2.07. The fraction of sp³-hybridized carbons (Fsp3) is 0.500. The summed E-state index contributed by atoms with van der Waals surface area (Å²) in [7, 11) is 0. The molecule has 0 radical (unpaired) electrons. The first-order chi connectivity index (χ1) is 7.58. The second-order valence-corrected chi connectivity index (χ2v) is 5.41. The van der Waals surface area contributed by atoms with Crippen molar-refractivity contribution in [2.24, 2.45) is 5.92 Å². The van der Waals surface area contributed by atoms with Gasteiger partial charge in [-0.15, -0.1) is 11.6 Å². The molecule has 1 heterocycles. The SMILES string of the molecule is O=[N+]([O-])c1cc(Br)cnc1CC(Cl)C1CC1. The van der Waals surface area contributed by atoms with E-state index in [2.05, 4.69) is 20.9 Å². The molecule has 86 valence electrons.